The molecule has 10 atom stereocenters. The molecule has 2 amide bonds. The molecule has 3 N–H and O–H groups in total. The van der Waals surface area contributed by atoms with Crippen molar-refractivity contribution in [2.75, 3.05) is 7.11 Å². The zero-order chi connectivity index (χ0) is 39.7. The Bertz CT molecular complexity index is 1870. The van der Waals surface area contributed by atoms with Gasteiger partial charge in [-0.1, -0.05) is 58.9 Å². The summed E-state index contributed by atoms with van der Waals surface area (Å²) in [7, 11) is 1.32. The van der Waals surface area contributed by atoms with Crippen molar-refractivity contribution in [3.05, 3.63) is 82.7 Å². The third-order valence-electron chi connectivity index (χ3n) is 17.0. The summed E-state index contributed by atoms with van der Waals surface area (Å²) in [5.74, 6) is 0.624. The van der Waals surface area contributed by atoms with E-state index in [4.69, 9.17) is 4.74 Å². The van der Waals surface area contributed by atoms with Crippen molar-refractivity contribution in [3.8, 4) is 0 Å². The molecule has 0 saturated heterocycles. The molecule has 0 aromatic heterocycles. The van der Waals surface area contributed by atoms with Crippen LogP contribution in [-0.4, -0.2) is 36.1 Å². The Morgan fingerprint density at radius 3 is 2.33 bits per heavy atom. The number of rotatable bonds is 8. The number of allylic oxidation sites excluding steroid dienone is 1. The average molecular weight is 755 g/mol. The number of benzene rings is 2. The highest BCUT2D eigenvalue weighted by atomic mass is 19.1. The van der Waals surface area contributed by atoms with Gasteiger partial charge in [0.25, 0.3) is 5.91 Å². The lowest BCUT2D eigenvalue weighted by Crippen LogP contribution is -2.67. The summed E-state index contributed by atoms with van der Waals surface area (Å²) in [4.78, 5) is 39.9. The number of methoxy groups -OCH3 is 1. The molecule has 7 rings (SSSR count). The zero-order valence-electron chi connectivity index (χ0n) is 34.2. The maximum atomic E-state index is 15.3. The van der Waals surface area contributed by atoms with Crippen LogP contribution in [0, 0.1) is 62.5 Å². The Morgan fingerprint density at radius 1 is 0.836 bits per heavy atom. The minimum absolute atomic E-state index is 0.00226. The molecule has 7 nitrogen and oxygen atoms in total. The third kappa shape index (κ3) is 6.19. The predicted molar refractivity (Wildman–Crippen MR) is 212 cm³/mol. The van der Waals surface area contributed by atoms with Gasteiger partial charge in [-0.3, -0.25) is 9.59 Å². The Kier molecular flexibility index (Phi) is 10.2. The number of carbonyl (C=O) groups excluding carboxylic acids is 3. The van der Waals surface area contributed by atoms with Crippen molar-refractivity contribution in [3.63, 3.8) is 0 Å². The van der Waals surface area contributed by atoms with E-state index in [0.29, 0.717) is 28.9 Å². The summed E-state index contributed by atoms with van der Waals surface area (Å²) in [5.41, 5.74) is 2.62. The van der Waals surface area contributed by atoms with Crippen LogP contribution >= 0.6 is 0 Å². The number of hydrogen-bond acceptors (Lipinski definition) is 5. The van der Waals surface area contributed by atoms with Crippen LogP contribution in [0.1, 0.15) is 138 Å². The van der Waals surface area contributed by atoms with E-state index in [1.54, 1.807) is 24.3 Å². The van der Waals surface area contributed by atoms with Gasteiger partial charge in [-0.05, 0) is 158 Å². The lowest BCUT2D eigenvalue weighted by Gasteiger charge is -2.72. The Balaban J connectivity index is 1.09. The van der Waals surface area contributed by atoms with Crippen LogP contribution in [0.3, 0.4) is 0 Å². The fraction of sp³-hybridized carbons (Fsp3) is 0.638. The van der Waals surface area contributed by atoms with Crippen LogP contribution in [0.4, 0.5) is 4.39 Å². The van der Waals surface area contributed by atoms with Crippen LogP contribution in [-0.2, 0) is 22.6 Å². The van der Waals surface area contributed by atoms with Gasteiger partial charge in [0.1, 0.15) is 5.82 Å². The number of amides is 2. The second-order valence-corrected chi connectivity index (χ2v) is 19.6. The molecule has 5 fully saturated rings. The molecule has 0 bridgehead atoms. The molecule has 0 aliphatic heterocycles. The van der Waals surface area contributed by atoms with Crippen LogP contribution in [0.15, 0.2) is 54.6 Å². The van der Waals surface area contributed by atoms with E-state index in [1.165, 1.54) is 25.3 Å². The van der Waals surface area contributed by atoms with Gasteiger partial charge in [-0.2, -0.15) is 0 Å². The fourth-order valence-electron chi connectivity index (χ4n) is 13.9. The van der Waals surface area contributed by atoms with Gasteiger partial charge < -0.3 is 20.5 Å². The highest BCUT2D eigenvalue weighted by Gasteiger charge is 2.71. The van der Waals surface area contributed by atoms with E-state index in [2.05, 4.69) is 58.8 Å². The molecule has 0 heterocycles. The van der Waals surface area contributed by atoms with Gasteiger partial charge in [-0.25, -0.2) is 9.18 Å². The summed E-state index contributed by atoms with van der Waals surface area (Å²) in [6, 6.07) is 11.1. The highest BCUT2D eigenvalue weighted by Crippen LogP contribution is 2.77. The molecule has 5 saturated carbocycles. The molecular weight excluding hydrogens is 692 g/mol. The molecule has 2 aromatic carbocycles. The quantitative estimate of drug-likeness (QED) is 0.184. The maximum Gasteiger partial charge on any atom is 0.337 e. The number of ether oxygens (including phenoxy) is 1. The van der Waals surface area contributed by atoms with Gasteiger partial charge in [0.05, 0.1) is 24.2 Å². The molecule has 55 heavy (non-hydrogen) atoms. The first kappa shape index (κ1) is 39.7. The summed E-state index contributed by atoms with van der Waals surface area (Å²) in [5, 5.41) is 17.2. The smallest absolute Gasteiger partial charge is 0.337 e. The average Bonchev–Trinajstić information content (AvgIpc) is 3.56. The number of aliphatic hydroxyl groups is 1. The van der Waals surface area contributed by atoms with E-state index >= 15 is 4.39 Å². The second-order valence-electron chi connectivity index (χ2n) is 19.6. The Labute approximate surface area is 327 Å². The van der Waals surface area contributed by atoms with Crippen LogP contribution in [0.25, 0.3) is 0 Å². The zero-order valence-corrected chi connectivity index (χ0v) is 34.2. The first-order valence-corrected chi connectivity index (χ1v) is 20.8. The molecule has 4 unspecified atom stereocenters. The van der Waals surface area contributed by atoms with Gasteiger partial charge in [0.15, 0.2) is 0 Å². The molecule has 5 aliphatic rings. The maximum absolute atomic E-state index is 15.3. The lowest BCUT2D eigenvalue weighted by molar-refractivity contribution is -0.246. The van der Waals surface area contributed by atoms with Gasteiger partial charge >= 0.3 is 5.97 Å². The van der Waals surface area contributed by atoms with Gasteiger partial charge in [-0.15, -0.1) is 0 Å². The van der Waals surface area contributed by atoms with E-state index in [1.807, 2.05) is 0 Å². The third-order valence-corrected chi connectivity index (χ3v) is 17.0. The van der Waals surface area contributed by atoms with Crippen LogP contribution < -0.4 is 10.6 Å². The number of esters is 1. The molecule has 5 aliphatic carbocycles. The van der Waals surface area contributed by atoms with Gasteiger partial charge in [0, 0.05) is 24.2 Å². The minimum Gasteiger partial charge on any atom is -0.465 e. The Morgan fingerprint density at radius 2 is 1.60 bits per heavy atom. The molecular formula is C47H63FN2O5. The highest BCUT2D eigenvalue weighted by molar-refractivity contribution is 5.94. The fourth-order valence-corrected chi connectivity index (χ4v) is 13.9. The van der Waals surface area contributed by atoms with Crippen molar-refractivity contribution in [2.24, 2.45) is 56.7 Å². The summed E-state index contributed by atoms with van der Waals surface area (Å²) >= 11 is 0. The molecule has 8 heteroatoms. The summed E-state index contributed by atoms with van der Waals surface area (Å²) in [6.45, 7) is 19.1. The number of hydrogen-bond donors (Lipinski definition) is 3. The van der Waals surface area contributed by atoms with Crippen LogP contribution in [0.2, 0.25) is 0 Å². The number of aliphatic hydroxyl groups excluding tert-OH is 1. The molecule has 0 spiro atoms. The topological polar surface area (TPSA) is 105 Å². The van der Waals surface area contributed by atoms with E-state index < -0.39 is 17.2 Å². The van der Waals surface area contributed by atoms with Crippen molar-refractivity contribution >= 4 is 17.8 Å². The first-order chi connectivity index (χ1) is 25.9. The van der Waals surface area contributed by atoms with Crippen molar-refractivity contribution in [1.82, 2.24) is 10.6 Å². The molecule has 2 aromatic rings. The summed E-state index contributed by atoms with van der Waals surface area (Å²) < 4.78 is 20.1. The van der Waals surface area contributed by atoms with E-state index in [0.717, 1.165) is 75.3 Å². The normalized spacial score (nSPS) is 37.3. The number of carbonyl (C=O) groups is 3. The number of fused-ring (bicyclic) bond motifs is 7. The Hall–Kier alpha value is -3.52. The SMILES string of the molecule is C=C(C)[C@@H]1CC[C@]2(C(=O)NCc3cc(C(=O)NCc4cccc(C(=O)OC)c4)ccc3F)CC[C@]3(C)C(CCC4[C@@]5(C)CC[C@H](O)C(C)(C)C5CC[C@]43C)C12. The van der Waals surface area contributed by atoms with Crippen molar-refractivity contribution in [1.29, 1.82) is 0 Å². The molecule has 0 radical (unpaired) electrons. The standard InChI is InChI=1S/C47H63FN2O5/c1-28(2)33-16-21-47(42(54)50-27-32-25-30(12-14-35(32)48)40(52)49-26-29-10-9-11-31(24-29)41(53)55-8)23-22-45(6)34(39(33)47)13-15-37-44(5)19-18-38(51)43(3,4)36(44)17-20-46(37,45)7/h9-12,14,24-25,33-34,36-39,51H,1,13,15-23,26-27H2,2-8H3,(H,49,52)(H,50,54)/t33-,34?,36?,37?,38-,39?,44-,45+,46+,47-/m0/s1. The van der Waals surface area contributed by atoms with E-state index in [-0.39, 0.29) is 70.1 Å². The second kappa shape index (κ2) is 14.1. The first-order valence-electron chi connectivity index (χ1n) is 20.8. The number of halogens is 1. The largest absolute Gasteiger partial charge is 0.465 e. The lowest BCUT2D eigenvalue weighted by atomic mass is 9.32. The van der Waals surface area contributed by atoms with Gasteiger partial charge in [0.2, 0.25) is 5.91 Å². The van der Waals surface area contributed by atoms with E-state index in [9.17, 15) is 19.5 Å². The van der Waals surface area contributed by atoms with Crippen molar-refractivity contribution < 1.29 is 28.6 Å². The van der Waals surface area contributed by atoms with Crippen LogP contribution in [0.5, 0.6) is 0 Å². The summed E-state index contributed by atoms with van der Waals surface area (Å²) in [6.07, 6.45) is 9.83. The predicted octanol–water partition coefficient (Wildman–Crippen LogP) is 9.18. The monoisotopic (exact) mass is 754 g/mol. The van der Waals surface area contributed by atoms with Crippen molar-refractivity contribution in [2.45, 2.75) is 125 Å². The molecule has 298 valence electrons. The minimum atomic E-state index is -0.542. The number of nitrogens with one attached hydrogen (secondary N) is 2.